The third-order valence-electron chi connectivity index (χ3n) is 2.11. The molecule has 3 nitrogen and oxygen atoms in total. The van der Waals surface area contributed by atoms with Crippen LogP contribution in [0.5, 0.6) is 5.75 Å². The highest BCUT2D eigenvalue weighted by atomic mass is 127. The van der Waals surface area contributed by atoms with Crippen LogP contribution in [0.25, 0.3) is 5.69 Å². The second kappa shape index (κ2) is 5.52. The summed E-state index contributed by atoms with van der Waals surface area (Å²) in [5, 5.41) is 4.06. The lowest BCUT2D eigenvalue weighted by Gasteiger charge is -2.09. The van der Waals surface area contributed by atoms with Gasteiger partial charge in [0.1, 0.15) is 5.75 Å². The minimum Gasteiger partial charge on any atom is -0.406 e. The van der Waals surface area contributed by atoms with Crippen LogP contribution in [0.4, 0.5) is 13.2 Å². The molecule has 0 aliphatic carbocycles. The Bertz CT molecular complexity index is 623. The number of hydrogen-bond acceptors (Lipinski definition) is 2. The van der Waals surface area contributed by atoms with Gasteiger partial charge in [-0.2, -0.15) is 5.10 Å². The number of hydrogen-bond donors (Lipinski definition) is 0. The first kappa shape index (κ1) is 13.7. The normalized spacial score (nSPS) is 10.7. The van der Waals surface area contributed by atoms with Crippen molar-refractivity contribution in [3.8, 4) is 21.3 Å². The number of rotatable bonds is 2. The molecule has 0 bridgehead atoms. The summed E-state index contributed by atoms with van der Waals surface area (Å²) in [6.45, 7) is 0. The molecule has 98 valence electrons. The van der Waals surface area contributed by atoms with E-state index in [4.69, 9.17) is 0 Å². The molecule has 1 heterocycles. The minimum atomic E-state index is -4.68. The van der Waals surface area contributed by atoms with Gasteiger partial charge in [-0.15, -0.1) is 13.2 Å². The van der Waals surface area contributed by atoms with E-state index in [1.165, 1.54) is 28.9 Å². The molecule has 2 rings (SSSR count). The molecule has 0 N–H and O–H groups in total. The quantitative estimate of drug-likeness (QED) is 0.591. The van der Waals surface area contributed by atoms with Crippen LogP contribution >= 0.6 is 22.6 Å². The predicted octanol–water partition coefficient (Wildman–Crippen LogP) is 3.51. The van der Waals surface area contributed by atoms with Crippen molar-refractivity contribution in [2.45, 2.75) is 6.36 Å². The van der Waals surface area contributed by atoms with E-state index in [0.29, 0.717) is 5.69 Å². The Hall–Kier alpha value is -1.69. The molecule has 1 aromatic carbocycles. The van der Waals surface area contributed by atoms with Crippen molar-refractivity contribution in [2.24, 2.45) is 0 Å². The average Bonchev–Trinajstić information content (AvgIpc) is 2.77. The van der Waals surface area contributed by atoms with E-state index in [9.17, 15) is 13.2 Å². The van der Waals surface area contributed by atoms with Gasteiger partial charge in [-0.05, 0) is 28.2 Å². The van der Waals surface area contributed by atoms with Gasteiger partial charge in [0.05, 0.1) is 17.4 Å². The Labute approximate surface area is 120 Å². The Morgan fingerprint density at radius 1 is 1.21 bits per heavy atom. The zero-order valence-corrected chi connectivity index (χ0v) is 11.4. The highest BCUT2D eigenvalue weighted by Gasteiger charge is 2.30. The van der Waals surface area contributed by atoms with Crippen molar-refractivity contribution in [2.75, 3.05) is 0 Å². The molecule has 0 saturated heterocycles. The fourth-order valence-corrected chi connectivity index (χ4v) is 1.70. The molecular weight excluding hydrogens is 372 g/mol. The zero-order valence-electron chi connectivity index (χ0n) is 9.28. The lowest BCUT2D eigenvalue weighted by Crippen LogP contribution is -2.17. The third kappa shape index (κ3) is 3.89. The van der Waals surface area contributed by atoms with E-state index >= 15 is 0 Å². The Balaban J connectivity index is 2.19. The van der Waals surface area contributed by atoms with Crippen LogP contribution in [0.2, 0.25) is 0 Å². The summed E-state index contributed by atoms with van der Waals surface area (Å²) in [5.74, 6) is 2.55. The van der Waals surface area contributed by atoms with Crippen LogP contribution < -0.4 is 4.74 Å². The second-order valence-electron chi connectivity index (χ2n) is 3.43. The molecule has 2 aromatic rings. The molecule has 0 aliphatic rings. The molecule has 0 aliphatic heterocycles. The predicted molar refractivity (Wildman–Crippen MR) is 71.1 cm³/mol. The van der Waals surface area contributed by atoms with E-state index in [-0.39, 0.29) is 5.75 Å². The zero-order chi connectivity index (χ0) is 13.9. The van der Waals surface area contributed by atoms with Crippen LogP contribution in [0, 0.1) is 9.85 Å². The van der Waals surface area contributed by atoms with Gasteiger partial charge in [-0.3, -0.25) is 0 Å². The standard InChI is InChI=1S/C12H6F3IN2O/c13-12(14,15)19-11-3-1-10(2-4-11)18-8-9(5-6-16)7-17-18/h1-4,7-8H. The lowest BCUT2D eigenvalue weighted by atomic mass is 10.3. The lowest BCUT2D eigenvalue weighted by molar-refractivity contribution is -0.274. The molecule has 0 saturated carbocycles. The molecule has 7 heteroatoms. The number of benzene rings is 1. The summed E-state index contributed by atoms with van der Waals surface area (Å²) in [6.07, 6.45) is -1.42. The number of ether oxygens (including phenoxy) is 1. The topological polar surface area (TPSA) is 27.1 Å². The minimum absolute atomic E-state index is 0.268. The van der Waals surface area contributed by atoms with Crippen molar-refractivity contribution in [1.82, 2.24) is 9.78 Å². The number of aromatic nitrogens is 2. The average molecular weight is 378 g/mol. The van der Waals surface area contributed by atoms with Crippen molar-refractivity contribution < 1.29 is 17.9 Å². The van der Waals surface area contributed by atoms with Crippen LogP contribution in [0.1, 0.15) is 5.56 Å². The maximum atomic E-state index is 12.0. The van der Waals surface area contributed by atoms with E-state index in [1.54, 1.807) is 12.4 Å². The Morgan fingerprint density at radius 3 is 2.47 bits per heavy atom. The molecule has 0 amide bonds. The molecule has 0 radical (unpaired) electrons. The Morgan fingerprint density at radius 2 is 1.89 bits per heavy atom. The smallest absolute Gasteiger partial charge is 0.406 e. The summed E-state index contributed by atoms with van der Waals surface area (Å²) >= 11 is 1.91. The maximum Gasteiger partial charge on any atom is 0.573 e. The van der Waals surface area contributed by atoms with Gasteiger partial charge in [0.25, 0.3) is 0 Å². The Kier molecular flexibility index (Phi) is 3.99. The summed E-state index contributed by atoms with van der Waals surface area (Å²) in [6, 6.07) is 5.42. The van der Waals surface area contributed by atoms with Crippen molar-refractivity contribution >= 4 is 22.6 Å². The van der Waals surface area contributed by atoms with E-state index in [1.807, 2.05) is 22.6 Å². The van der Waals surface area contributed by atoms with Crippen LogP contribution in [0.3, 0.4) is 0 Å². The van der Waals surface area contributed by atoms with Gasteiger partial charge in [0.2, 0.25) is 0 Å². The highest BCUT2D eigenvalue weighted by Crippen LogP contribution is 2.23. The van der Waals surface area contributed by atoms with Gasteiger partial charge in [-0.1, -0.05) is 5.92 Å². The SMILES string of the molecule is FC(F)(F)Oc1ccc(-n2cc(C#CI)cn2)cc1. The first-order valence-corrected chi connectivity index (χ1v) is 6.08. The monoisotopic (exact) mass is 378 g/mol. The molecule has 0 fully saturated rings. The number of alkyl halides is 3. The fraction of sp³-hybridized carbons (Fsp3) is 0.0833. The van der Waals surface area contributed by atoms with Crippen molar-refractivity contribution in [3.63, 3.8) is 0 Å². The summed E-state index contributed by atoms with van der Waals surface area (Å²) in [4.78, 5) is 0. The van der Waals surface area contributed by atoms with E-state index < -0.39 is 6.36 Å². The maximum absolute atomic E-state index is 12.0. The number of halogens is 4. The van der Waals surface area contributed by atoms with Crippen LogP contribution in [-0.2, 0) is 0 Å². The van der Waals surface area contributed by atoms with Gasteiger partial charge in [0.15, 0.2) is 0 Å². The van der Waals surface area contributed by atoms with Crippen LogP contribution in [0.15, 0.2) is 36.7 Å². The van der Waals surface area contributed by atoms with Crippen molar-refractivity contribution in [1.29, 1.82) is 0 Å². The summed E-state index contributed by atoms with van der Waals surface area (Å²) in [7, 11) is 0. The second-order valence-corrected chi connectivity index (χ2v) is 3.97. The first-order valence-electron chi connectivity index (χ1n) is 5.00. The highest BCUT2D eigenvalue weighted by molar-refractivity contribution is 14.1. The number of nitrogens with zero attached hydrogens (tertiary/aromatic N) is 2. The first-order chi connectivity index (χ1) is 8.98. The van der Waals surface area contributed by atoms with Crippen molar-refractivity contribution in [3.05, 3.63) is 42.2 Å². The van der Waals surface area contributed by atoms with Gasteiger partial charge >= 0.3 is 6.36 Å². The summed E-state index contributed by atoms with van der Waals surface area (Å²) in [5.41, 5.74) is 1.35. The summed E-state index contributed by atoms with van der Waals surface area (Å²) < 4.78 is 44.0. The van der Waals surface area contributed by atoms with E-state index in [0.717, 1.165) is 5.56 Å². The molecule has 0 spiro atoms. The molecular formula is C12H6F3IN2O. The van der Waals surface area contributed by atoms with E-state index in [2.05, 4.69) is 19.7 Å². The fourth-order valence-electron chi connectivity index (χ4n) is 1.38. The molecule has 1 aromatic heterocycles. The molecule has 0 atom stereocenters. The van der Waals surface area contributed by atoms with Crippen LogP contribution in [-0.4, -0.2) is 16.1 Å². The van der Waals surface area contributed by atoms with Gasteiger partial charge in [0, 0.05) is 28.8 Å². The van der Waals surface area contributed by atoms with Gasteiger partial charge in [-0.25, -0.2) is 4.68 Å². The third-order valence-corrected chi connectivity index (χ3v) is 2.38. The largest absolute Gasteiger partial charge is 0.573 e. The molecule has 19 heavy (non-hydrogen) atoms. The van der Waals surface area contributed by atoms with Gasteiger partial charge < -0.3 is 4.74 Å². The molecule has 0 unspecified atom stereocenters.